The van der Waals surface area contributed by atoms with Crippen LogP contribution in [0.4, 0.5) is 11.4 Å². The quantitative estimate of drug-likeness (QED) is 0.230. The van der Waals surface area contributed by atoms with Crippen molar-refractivity contribution in [3.8, 4) is 0 Å². The number of esters is 4. The van der Waals surface area contributed by atoms with Gasteiger partial charge < -0.3 is 28.6 Å². The van der Waals surface area contributed by atoms with E-state index >= 15 is 0 Å². The van der Waals surface area contributed by atoms with Crippen molar-refractivity contribution < 1.29 is 47.8 Å². The Bertz CT molecular complexity index is 1030. The number of fused-ring (bicyclic) bond motifs is 1. The molecule has 35 heavy (non-hydrogen) atoms. The minimum Gasteiger partial charge on any atom is -0.463 e. The normalized spacial score (nSPS) is 25.3. The van der Waals surface area contributed by atoms with Gasteiger partial charge in [-0.25, -0.2) is 0 Å². The van der Waals surface area contributed by atoms with E-state index in [2.05, 4.69) is 0 Å². The molecular formula is C22H26N2O11. The molecule has 190 valence electrons. The van der Waals surface area contributed by atoms with Gasteiger partial charge in [0.1, 0.15) is 12.7 Å². The molecule has 1 saturated heterocycles. The average Bonchev–Trinajstić information content (AvgIpc) is 3.17. The number of nitrogens with zero attached hydrogens (tertiary/aromatic N) is 2. The highest BCUT2D eigenvalue weighted by Gasteiger charge is 2.54. The first-order valence-corrected chi connectivity index (χ1v) is 10.8. The molecule has 2 heterocycles. The maximum Gasteiger partial charge on any atom is 0.303 e. The number of rotatable bonds is 7. The van der Waals surface area contributed by atoms with Crippen LogP contribution in [-0.4, -0.2) is 72.6 Å². The second-order valence-corrected chi connectivity index (χ2v) is 8.10. The smallest absolute Gasteiger partial charge is 0.303 e. The number of nitro benzene ring substituents is 1. The van der Waals surface area contributed by atoms with Gasteiger partial charge in [0.15, 0.2) is 24.5 Å². The number of hydrogen-bond donors (Lipinski definition) is 0. The standard InChI is InChI=1S/C22H26N2O11/c1-11(25)31-10-18-19(32-12(2)26)20(33-13(3)27)21(34-14(4)28)22(35-18)23-8-7-15-9-16(24(29)30)5-6-17(15)23/h5-6,9,18-22H,7-8,10H2,1-4H3/t18-,19+,20+,21+,22-/m1/s1. The molecule has 2 aliphatic heterocycles. The lowest BCUT2D eigenvalue weighted by atomic mass is 9.96. The number of carbonyl (C=O) groups excluding carboxylic acids is 4. The molecule has 1 aromatic rings. The fraction of sp³-hybridized carbons (Fsp3) is 0.545. The number of nitro groups is 1. The van der Waals surface area contributed by atoms with E-state index in [-0.39, 0.29) is 12.3 Å². The van der Waals surface area contributed by atoms with Gasteiger partial charge in [-0.2, -0.15) is 0 Å². The molecule has 13 heteroatoms. The van der Waals surface area contributed by atoms with E-state index in [9.17, 15) is 29.3 Å². The first-order valence-electron chi connectivity index (χ1n) is 10.8. The third kappa shape index (κ3) is 6.04. The summed E-state index contributed by atoms with van der Waals surface area (Å²) in [6, 6.07) is 4.33. The van der Waals surface area contributed by atoms with Gasteiger partial charge in [-0.15, -0.1) is 0 Å². The Morgan fingerprint density at radius 2 is 1.57 bits per heavy atom. The largest absolute Gasteiger partial charge is 0.463 e. The van der Waals surface area contributed by atoms with E-state index in [1.807, 2.05) is 0 Å². The van der Waals surface area contributed by atoms with Crippen LogP contribution in [0.3, 0.4) is 0 Å². The van der Waals surface area contributed by atoms with E-state index in [0.29, 0.717) is 24.2 Å². The number of hydrogen-bond acceptors (Lipinski definition) is 12. The Labute approximate surface area is 200 Å². The Morgan fingerprint density at radius 1 is 0.971 bits per heavy atom. The van der Waals surface area contributed by atoms with Gasteiger partial charge >= 0.3 is 23.9 Å². The Hall–Kier alpha value is -3.74. The molecule has 0 unspecified atom stereocenters. The molecular weight excluding hydrogens is 468 g/mol. The number of anilines is 1. The second kappa shape index (κ2) is 10.7. The summed E-state index contributed by atoms with van der Waals surface area (Å²) in [6.45, 7) is 4.64. The average molecular weight is 494 g/mol. The molecule has 2 aliphatic rings. The molecule has 1 fully saturated rings. The number of ether oxygens (including phenoxy) is 5. The topological polar surface area (TPSA) is 161 Å². The van der Waals surface area contributed by atoms with E-state index in [1.165, 1.54) is 19.1 Å². The molecule has 5 atom stereocenters. The maximum absolute atomic E-state index is 12.0. The van der Waals surface area contributed by atoms with Crippen molar-refractivity contribution in [1.29, 1.82) is 0 Å². The molecule has 0 aromatic heterocycles. The number of benzene rings is 1. The molecule has 0 N–H and O–H groups in total. The van der Waals surface area contributed by atoms with E-state index in [0.717, 1.165) is 20.8 Å². The van der Waals surface area contributed by atoms with Crippen LogP contribution in [-0.2, 0) is 49.3 Å². The minimum atomic E-state index is -1.29. The van der Waals surface area contributed by atoms with Gasteiger partial charge in [-0.05, 0) is 18.1 Å². The Balaban J connectivity index is 2.05. The molecule has 0 spiro atoms. The van der Waals surface area contributed by atoms with E-state index in [4.69, 9.17) is 23.7 Å². The molecule has 1 aromatic carbocycles. The van der Waals surface area contributed by atoms with Crippen LogP contribution in [0, 0.1) is 10.1 Å². The molecule has 0 saturated carbocycles. The Morgan fingerprint density at radius 3 is 2.14 bits per heavy atom. The van der Waals surface area contributed by atoms with Crippen molar-refractivity contribution in [2.75, 3.05) is 18.1 Å². The third-order valence-electron chi connectivity index (χ3n) is 5.48. The van der Waals surface area contributed by atoms with Crippen molar-refractivity contribution in [1.82, 2.24) is 0 Å². The predicted molar refractivity (Wildman–Crippen MR) is 116 cm³/mol. The zero-order chi connectivity index (χ0) is 25.9. The van der Waals surface area contributed by atoms with Gasteiger partial charge in [-0.3, -0.25) is 29.3 Å². The van der Waals surface area contributed by atoms with Crippen LogP contribution in [0.25, 0.3) is 0 Å². The van der Waals surface area contributed by atoms with Crippen molar-refractivity contribution in [3.63, 3.8) is 0 Å². The summed E-state index contributed by atoms with van der Waals surface area (Å²) in [5, 5.41) is 11.2. The second-order valence-electron chi connectivity index (χ2n) is 8.10. The lowest BCUT2D eigenvalue weighted by molar-refractivity contribution is -0.384. The summed E-state index contributed by atoms with van der Waals surface area (Å²) in [5.74, 6) is -2.77. The van der Waals surface area contributed by atoms with Crippen LogP contribution in [0.15, 0.2) is 18.2 Å². The molecule has 0 radical (unpaired) electrons. The predicted octanol–water partition coefficient (Wildman–Crippen LogP) is 1.04. The summed E-state index contributed by atoms with van der Waals surface area (Å²) >= 11 is 0. The van der Waals surface area contributed by atoms with Crippen LogP contribution < -0.4 is 4.90 Å². The molecule has 13 nitrogen and oxygen atoms in total. The van der Waals surface area contributed by atoms with Crippen molar-refractivity contribution in [2.45, 2.75) is 64.8 Å². The highest BCUT2D eigenvalue weighted by atomic mass is 16.7. The first-order chi connectivity index (χ1) is 16.5. The zero-order valence-corrected chi connectivity index (χ0v) is 19.6. The first kappa shape index (κ1) is 25.9. The van der Waals surface area contributed by atoms with Crippen molar-refractivity contribution in [2.24, 2.45) is 0 Å². The summed E-state index contributed by atoms with van der Waals surface area (Å²) in [6.07, 6.45) is -5.49. The lowest BCUT2D eigenvalue weighted by Crippen LogP contribution is -2.66. The summed E-state index contributed by atoms with van der Waals surface area (Å²) in [5.41, 5.74) is 1.19. The van der Waals surface area contributed by atoms with Gasteiger partial charge in [0.2, 0.25) is 0 Å². The number of non-ortho nitro benzene ring substituents is 1. The summed E-state index contributed by atoms with van der Waals surface area (Å²) < 4.78 is 27.6. The van der Waals surface area contributed by atoms with E-state index < -0.39 is 59.4 Å². The number of carbonyl (C=O) groups is 4. The van der Waals surface area contributed by atoms with Crippen LogP contribution >= 0.6 is 0 Å². The SMILES string of the molecule is CC(=O)OC[C@H]1O[C@@H](N2CCc3cc([N+](=O)[O-])ccc32)[C@@H](OC(C)=O)[C@@H](OC(C)=O)[C@H]1OC(C)=O. The van der Waals surface area contributed by atoms with Gasteiger partial charge in [0.25, 0.3) is 5.69 Å². The highest BCUT2D eigenvalue weighted by Crippen LogP contribution is 2.38. The van der Waals surface area contributed by atoms with E-state index in [1.54, 1.807) is 11.0 Å². The fourth-order valence-corrected chi connectivity index (χ4v) is 4.25. The van der Waals surface area contributed by atoms with Crippen LogP contribution in [0.5, 0.6) is 0 Å². The fourth-order valence-electron chi connectivity index (χ4n) is 4.25. The van der Waals surface area contributed by atoms with Crippen molar-refractivity contribution >= 4 is 35.3 Å². The maximum atomic E-state index is 12.0. The monoisotopic (exact) mass is 494 g/mol. The molecule has 0 aliphatic carbocycles. The summed E-state index contributed by atoms with van der Waals surface area (Å²) in [7, 11) is 0. The zero-order valence-electron chi connectivity index (χ0n) is 19.6. The van der Waals surface area contributed by atoms with Crippen molar-refractivity contribution in [3.05, 3.63) is 33.9 Å². The lowest BCUT2D eigenvalue weighted by Gasteiger charge is -2.47. The van der Waals surface area contributed by atoms with Gasteiger partial charge in [-0.1, -0.05) is 0 Å². The van der Waals surface area contributed by atoms with Gasteiger partial charge in [0, 0.05) is 52.1 Å². The van der Waals surface area contributed by atoms with Gasteiger partial charge in [0.05, 0.1) is 4.92 Å². The molecule has 3 rings (SSSR count). The molecule has 0 bridgehead atoms. The highest BCUT2D eigenvalue weighted by molar-refractivity contribution is 5.69. The van der Waals surface area contributed by atoms with Crippen LogP contribution in [0.2, 0.25) is 0 Å². The summed E-state index contributed by atoms with van der Waals surface area (Å²) in [4.78, 5) is 59.7. The molecule has 0 amide bonds. The minimum absolute atomic E-state index is 0.0767. The van der Waals surface area contributed by atoms with Crippen LogP contribution in [0.1, 0.15) is 33.3 Å². The third-order valence-corrected chi connectivity index (χ3v) is 5.48. The Kier molecular flexibility index (Phi) is 7.89.